The van der Waals surface area contributed by atoms with Gasteiger partial charge in [0.15, 0.2) is 0 Å². The Morgan fingerprint density at radius 3 is 2.81 bits per heavy atom. The molecule has 2 heterocycles. The first-order valence-corrected chi connectivity index (χ1v) is 6.93. The number of pyridine rings is 1. The third kappa shape index (κ3) is 2.46. The summed E-state index contributed by atoms with van der Waals surface area (Å²) in [6.45, 7) is 2.71. The highest BCUT2D eigenvalue weighted by molar-refractivity contribution is 5.98. The van der Waals surface area contributed by atoms with Gasteiger partial charge in [0.1, 0.15) is 0 Å². The van der Waals surface area contributed by atoms with Crippen molar-refractivity contribution in [3.05, 3.63) is 42.1 Å². The van der Waals surface area contributed by atoms with Crippen molar-refractivity contribution < 1.29 is 14.7 Å². The van der Waals surface area contributed by atoms with Crippen LogP contribution < -0.4 is 0 Å². The van der Waals surface area contributed by atoms with Crippen LogP contribution in [0, 0.1) is 11.8 Å². The fourth-order valence-corrected chi connectivity index (χ4v) is 2.59. The van der Waals surface area contributed by atoms with Crippen molar-refractivity contribution in [3.8, 4) is 0 Å². The Bertz CT molecular complexity index is 707. The van der Waals surface area contributed by atoms with Crippen LogP contribution in [0.1, 0.15) is 17.3 Å². The molecule has 0 radical (unpaired) electrons. The molecule has 1 aliphatic heterocycles. The standard InChI is InChI=1S/C16H16N2O3/c1-10(16(20)21)13-8-18(9-13)15(19)12-4-5-14-11(7-12)3-2-6-17-14/h2-7,10,13H,8-9H2,1H3,(H,20,21). The summed E-state index contributed by atoms with van der Waals surface area (Å²) in [6, 6.07) is 9.19. The summed E-state index contributed by atoms with van der Waals surface area (Å²) >= 11 is 0. The van der Waals surface area contributed by atoms with Crippen molar-refractivity contribution >= 4 is 22.8 Å². The van der Waals surface area contributed by atoms with Crippen molar-refractivity contribution in [1.29, 1.82) is 0 Å². The second-order valence-corrected chi connectivity index (χ2v) is 5.51. The quantitative estimate of drug-likeness (QED) is 0.936. The molecule has 1 amide bonds. The average Bonchev–Trinajstić information content (AvgIpc) is 2.44. The summed E-state index contributed by atoms with van der Waals surface area (Å²) in [6.07, 6.45) is 1.72. The van der Waals surface area contributed by atoms with Crippen LogP contribution in [0.4, 0.5) is 0 Å². The molecule has 1 N–H and O–H groups in total. The molecule has 1 aromatic heterocycles. The molecule has 1 aliphatic rings. The zero-order valence-corrected chi connectivity index (χ0v) is 11.7. The lowest BCUT2D eigenvalue weighted by Crippen LogP contribution is -2.53. The van der Waals surface area contributed by atoms with Crippen molar-refractivity contribution in [3.63, 3.8) is 0 Å². The molecule has 2 aromatic rings. The van der Waals surface area contributed by atoms with Crippen LogP contribution in [0.15, 0.2) is 36.5 Å². The zero-order chi connectivity index (χ0) is 15.0. The van der Waals surface area contributed by atoms with E-state index in [1.807, 2.05) is 24.3 Å². The van der Waals surface area contributed by atoms with E-state index in [0.29, 0.717) is 18.7 Å². The first-order chi connectivity index (χ1) is 10.1. The number of carbonyl (C=O) groups excluding carboxylic acids is 1. The Hall–Kier alpha value is -2.43. The van der Waals surface area contributed by atoms with E-state index in [0.717, 1.165) is 10.9 Å². The van der Waals surface area contributed by atoms with E-state index in [4.69, 9.17) is 5.11 Å². The first-order valence-electron chi connectivity index (χ1n) is 6.93. The van der Waals surface area contributed by atoms with Gasteiger partial charge in [-0.05, 0) is 24.3 Å². The van der Waals surface area contributed by atoms with E-state index < -0.39 is 11.9 Å². The van der Waals surface area contributed by atoms with Gasteiger partial charge in [-0.25, -0.2) is 0 Å². The number of benzene rings is 1. The largest absolute Gasteiger partial charge is 0.481 e. The maximum atomic E-state index is 12.4. The SMILES string of the molecule is CC(C(=O)O)C1CN(C(=O)c2ccc3ncccc3c2)C1. The van der Waals surface area contributed by atoms with Crippen molar-refractivity contribution in [2.24, 2.45) is 11.8 Å². The summed E-state index contributed by atoms with van der Waals surface area (Å²) in [4.78, 5) is 29.2. The maximum absolute atomic E-state index is 12.4. The van der Waals surface area contributed by atoms with Crippen LogP contribution in [-0.4, -0.2) is 40.0 Å². The number of carboxylic acids is 1. The highest BCUT2D eigenvalue weighted by Gasteiger charge is 2.37. The summed E-state index contributed by atoms with van der Waals surface area (Å²) in [5.41, 5.74) is 1.48. The van der Waals surface area contributed by atoms with Gasteiger partial charge in [0.25, 0.3) is 5.91 Å². The minimum absolute atomic E-state index is 0.0467. The Balaban J connectivity index is 1.72. The van der Waals surface area contributed by atoms with Gasteiger partial charge < -0.3 is 10.0 Å². The monoisotopic (exact) mass is 284 g/mol. The molecule has 0 bridgehead atoms. The molecule has 3 rings (SSSR count). The second-order valence-electron chi connectivity index (χ2n) is 5.51. The predicted octanol–water partition coefficient (Wildman–Crippen LogP) is 2.03. The summed E-state index contributed by atoms with van der Waals surface area (Å²) in [5, 5.41) is 9.90. The molecule has 1 fully saturated rings. The van der Waals surface area contributed by atoms with E-state index in [9.17, 15) is 9.59 Å². The highest BCUT2D eigenvalue weighted by Crippen LogP contribution is 2.26. The molecule has 1 unspecified atom stereocenters. The molecule has 0 saturated carbocycles. The maximum Gasteiger partial charge on any atom is 0.306 e. The average molecular weight is 284 g/mol. The minimum Gasteiger partial charge on any atom is -0.481 e. The number of rotatable bonds is 3. The van der Waals surface area contributed by atoms with Crippen LogP contribution in [0.3, 0.4) is 0 Å². The summed E-state index contributed by atoms with van der Waals surface area (Å²) < 4.78 is 0. The van der Waals surface area contributed by atoms with Gasteiger partial charge in [-0.1, -0.05) is 13.0 Å². The van der Waals surface area contributed by atoms with E-state index in [1.54, 1.807) is 24.1 Å². The van der Waals surface area contributed by atoms with E-state index in [2.05, 4.69) is 4.98 Å². The molecule has 0 spiro atoms. The number of carbonyl (C=O) groups is 2. The van der Waals surface area contributed by atoms with Crippen LogP contribution >= 0.6 is 0 Å². The fourth-order valence-electron chi connectivity index (χ4n) is 2.59. The lowest BCUT2D eigenvalue weighted by atomic mass is 9.86. The smallest absolute Gasteiger partial charge is 0.306 e. The molecule has 0 aliphatic carbocycles. The van der Waals surface area contributed by atoms with Crippen molar-refractivity contribution in [2.75, 3.05) is 13.1 Å². The van der Waals surface area contributed by atoms with Crippen molar-refractivity contribution in [2.45, 2.75) is 6.92 Å². The molecular weight excluding hydrogens is 268 g/mol. The number of likely N-dealkylation sites (tertiary alicyclic amines) is 1. The Labute approximate surface area is 122 Å². The molecule has 21 heavy (non-hydrogen) atoms. The van der Waals surface area contributed by atoms with Gasteiger partial charge in [0.05, 0.1) is 11.4 Å². The summed E-state index contributed by atoms with van der Waals surface area (Å²) in [7, 11) is 0. The first kappa shape index (κ1) is 13.5. The molecular formula is C16H16N2O3. The van der Waals surface area contributed by atoms with Crippen LogP contribution in [-0.2, 0) is 4.79 Å². The molecule has 5 heteroatoms. The van der Waals surface area contributed by atoms with Gasteiger partial charge in [-0.2, -0.15) is 0 Å². The summed E-state index contributed by atoms with van der Waals surface area (Å²) in [5.74, 6) is -1.21. The number of aromatic nitrogens is 1. The van der Waals surface area contributed by atoms with Gasteiger partial charge in [0, 0.05) is 36.2 Å². The number of hydrogen-bond donors (Lipinski definition) is 1. The third-order valence-electron chi connectivity index (χ3n) is 4.14. The minimum atomic E-state index is -0.802. The number of aliphatic carboxylic acids is 1. The number of nitrogens with zero attached hydrogens (tertiary/aromatic N) is 2. The molecule has 1 saturated heterocycles. The van der Waals surface area contributed by atoms with Crippen molar-refractivity contribution in [1.82, 2.24) is 9.88 Å². The zero-order valence-electron chi connectivity index (χ0n) is 11.7. The van der Waals surface area contributed by atoms with E-state index in [-0.39, 0.29) is 11.8 Å². The lowest BCUT2D eigenvalue weighted by molar-refractivity contribution is -0.144. The Kier molecular flexibility index (Phi) is 3.33. The van der Waals surface area contributed by atoms with Gasteiger partial charge in [-0.3, -0.25) is 14.6 Å². The molecule has 1 aromatic carbocycles. The number of fused-ring (bicyclic) bond motifs is 1. The number of amides is 1. The second kappa shape index (κ2) is 5.16. The van der Waals surface area contributed by atoms with E-state index in [1.165, 1.54) is 0 Å². The molecule has 5 nitrogen and oxygen atoms in total. The van der Waals surface area contributed by atoms with E-state index >= 15 is 0 Å². The number of hydrogen-bond acceptors (Lipinski definition) is 3. The molecule has 1 atom stereocenters. The third-order valence-corrected chi connectivity index (χ3v) is 4.14. The van der Waals surface area contributed by atoms with Gasteiger partial charge in [-0.15, -0.1) is 0 Å². The normalized spacial score (nSPS) is 16.5. The predicted molar refractivity (Wildman–Crippen MR) is 77.9 cm³/mol. The van der Waals surface area contributed by atoms with Gasteiger partial charge in [0.2, 0.25) is 0 Å². The highest BCUT2D eigenvalue weighted by atomic mass is 16.4. The molecule has 108 valence electrons. The van der Waals surface area contributed by atoms with Crippen LogP contribution in [0.5, 0.6) is 0 Å². The van der Waals surface area contributed by atoms with Gasteiger partial charge >= 0.3 is 5.97 Å². The Morgan fingerprint density at radius 2 is 2.10 bits per heavy atom. The topological polar surface area (TPSA) is 70.5 Å². The fraction of sp³-hybridized carbons (Fsp3) is 0.312. The number of carboxylic acid groups (broad SMARTS) is 1. The van der Waals surface area contributed by atoms with Crippen LogP contribution in [0.2, 0.25) is 0 Å². The van der Waals surface area contributed by atoms with Crippen LogP contribution in [0.25, 0.3) is 10.9 Å². The Morgan fingerprint density at radius 1 is 1.33 bits per heavy atom. The lowest BCUT2D eigenvalue weighted by Gasteiger charge is -2.41.